The van der Waals surface area contributed by atoms with Crippen LogP contribution in [0.4, 0.5) is 0 Å². The van der Waals surface area contributed by atoms with E-state index in [1.807, 2.05) is 0 Å². The first-order chi connectivity index (χ1) is 4.38. The Morgan fingerprint density at radius 3 is 2.40 bits per heavy atom. The van der Waals surface area contributed by atoms with Crippen LogP contribution in [0.5, 0.6) is 0 Å². The van der Waals surface area contributed by atoms with Crippen molar-refractivity contribution in [3.8, 4) is 12.1 Å². The summed E-state index contributed by atoms with van der Waals surface area (Å²) in [5.41, 5.74) is 0.148. The Morgan fingerprint density at radius 2 is 2.00 bits per heavy atom. The molecule has 0 aliphatic rings. The zero-order valence-electron chi connectivity index (χ0n) is 5.29. The predicted octanol–water partition coefficient (Wildman–Crippen LogP) is -0.833. The van der Waals surface area contributed by atoms with Crippen LogP contribution in [0.1, 0.15) is 11.4 Å². The fourth-order valence-electron chi connectivity index (χ4n) is 0.384. The Bertz CT molecular complexity index is 261. The molecule has 0 saturated heterocycles. The number of rotatable bonds is 0. The van der Waals surface area contributed by atoms with Gasteiger partial charge >= 0.3 is 0 Å². The van der Waals surface area contributed by atoms with Gasteiger partial charge in [-0.1, -0.05) is 5.21 Å². The number of aromatic amines is 1. The van der Waals surface area contributed by atoms with Gasteiger partial charge in [-0.15, -0.1) is 5.10 Å². The van der Waals surface area contributed by atoms with E-state index >= 15 is 0 Å². The second-order valence-electron chi connectivity index (χ2n) is 1.26. The zero-order valence-corrected chi connectivity index (χ0v) is 8.41. The summed E-state index contributed by atoms with van der Waals surface area (Å²) in [6.45, 7) is 0. The normalized spacial score (nSPS) is 7.00. The van der Waals surface area contributed by atoms with E-state index < -0.39 is 0 Å². The van der Waals surface area contributed by atoms with Gasteiger partial charge < -0.3 is 0 Å². The number of hydrogen-bond donors (Lipinski definition) is 1. The Labute approximate surface area is 99.5 Å². The van der Waals surface area contributed by atoms with Crippen molar-refractivity contribution in [2.24, 2.45) is 0 Å². The fraction of sp³-hybridized carbons (Fsp3) is 0. The summed E-state index contributed by atoms with van der Waals surface area (Å²) in [4.78, 5) is 0. The molecule has 5 nitrogen and oxygen atoms in total. The second kappa shape index (κ2) is 4.55. The Balaban J connectivity index is 0.000000810. The molecule has 0 aliphatic carbocycles. The van der Waals surface area contributed by atoms with Crippen LogP contribution in [0.15, 0.2) is 0 Å². The Morgan fingerprint density at radius 1 is 1.30 bits per heavy atom. The molecular weight excluding hydrogens is 157 g/mol. The molecule has 1 aromatic rings. The van der Waals surface area contributed by atoms with Crippen molar-refractivity contribution < 1.29 is 0 Å². The van der Waals surface area contributed by atoms with Gasteiger partial charge in [0, 0.05) is 51.4 Å². The minimum atomic E-state index is 0. The van der Waals surface area contributed by atoms with E-state index in [2.05, 4.69) is 15.4 Å². The molecule has 1 rings (SSSR count). The molecule has 6 heteroatoms. The van der Waals surface area contributed by atoms with Crippen LogP contribution in [0.2, 0.25) is 0 Å². The van der Waals surface area contributed by atoms with E-state index in [9.17, 15) is 0 Å². The van der Waals surface area contributed by atoms with Gasteiger partial charge in [-0.2, -0.15) is 10.5 Å². The largest absolute Gasteiger partial charge is 0.246 e. The van der Waals surface area contributed by atoms with Gasteiger partial charge in [0.1, 0.15) is 12.1 Å². The first kappa shape index (κ1) is 9.76. The Kier molecular flexibility index (Phi) is 4.44. The summed E-state index contributed by atoms with van der Waals surface area (Å²) in [5.74, 6) is 0. The van der Waals surface area contributed by atoms with Crippen LogP contribution in [0, 0.1) is 22.7 Å². The molecule has 0 unspecified atom stereocenters. The quantitative estimate of drug-likeness (QED) is 0.499. The standard InChI is InChI=1S/C4HN5.K/c5-1-3-4(2-6)8-9-7-3;/h(H,7,8,9);. The summed E-state index contributed by atoms with van der Waals surface area (Å²) < 4.78 is 0. The number of nitrogens with zero attached hydrogens (tertiary/aromatic N) is 4. The van der Waals surface area contributed by atoms with E-state index in [1.54, 1.807) is 12.1 Å². The Hall–Kier alpha value is -0.244. The average Bonchev–Trinajstić information content (AvgIpc) is 2.33. The van der Waals surface area contributed by atoms with Crippen LogP contribution in [0.3, 0.4) is 0 Å². The molecular formula is C4HKN5. The molecule has 0 bridgehead atoms. The van der Waals surface area contributed by atoms with Gasteiger partial charge in [-0.3, -0.25) is 0 Å². The van der Waals surface area contributed by atoms with Crippen LogP contribution in [-0.2, 0) is 0 Å². The summed E-state index contributed by atoms with van der Waals surface area (Å²) >= 11 is 0. The van der Waals surface area contributed by atoms with Crippen molar-refractivity contribution >= 4 is 51.4 Å². The molecule has 0 saturated carbocycles. The van der Waals surface area contributed by atoms with Crippen molar-refractivity contribution in [2.75, 3.05) is 0 Å². The third kappa shape index (κ3) is 1.87. The second-order valence-corrected chi connectivity index (χ2v) is 1.26. The SMILES string of the molecule is N#Cc1nn[nH]c1C#N.[K]. The maximum Gasteiger partial charge on any atom is 0.200 e. The van der Waals surface area contributed by atoms with Crippen LogP contribution in [0.25, 0.3) is 0 Å². The molecule has 10 heavy (non-hydrogen) atoms. The van der Waals surface area contributed by atoms with Gasteiger partial charge in [0.15, 0.2) is 11.4 Å². The molecule has 0 spiro atoms. The summed E-state index contributed by atoms with van der Waals surface area (Å²) in [7, 11) is 0. The summed E-state index contributed by atoms with van der Waals surface area (Å²) in [6.07, 6.45) is 0. The molecule has 1 radical (unpaired) electrons. The number of hydrogen-bond acceptors (Lipinski definition) is 4. The van der Waals surface area contributed by atoms with Gasteiger partial charge in [0.2, 0.25) is 0 Å². The molecule has 0 aromatic carbocycles. The van der Waals surface area contributed by atoms with Crippen molar-refractivity contribution in [1.82, 2.24) is 15.4 Å². The number of nitriles is 2. The summed E-state index contributed by atoms with van der Waals surface area (Å²) in [5, 5.41) is 25.3. The molecule has 1 aromatic heterocycles. The third-order valence-corrected chi connectivity index (χ3v) is 0.766. The maximum absolute atomic E-state index is 8.23. The smallest absolute Gasteiger partial charge is 0.200 e. The maximum atomic E-state index is 8.23. The van der Waals surface area contributed by atoms with Gasteiger partial charge in [0.05, 0.1) is 0 Å². The molecule has 43 valence electrons. The minimum Gasteiger partial charge on any atom is -0.246 e. The predicted molar refractivity (Wildman–Crippen MR) is 31.6 cm³/mol. The van der Waals surface area contributed by atoms with E-state index in [0.717, 1.165) is 0 Å². The monoisotopic (exact) mass is 158 g/mol. The van der Waals surface area contributed by atoms with Crippen molar-refractivity contribution in [2.45, 2.75) is 0 Å². The number of nitrogens with one attached hydrogen (secondary N) is 1. The van der Waals surface area contributed by atoms with Crippen molar-refractivity contribution in [1.29, 1.82) is 10.5 Å². The van der Waals surface area contributed by atoms with E-state index in [0.29, 0.717) is 0 Å². The van der Waals surface area contributed by atoms with E-state index in [1.165, 1.54) is 0 Å². The van der Waals surface area contributed by atoms with Crippen LogP contribution >= 0.6 is 0 Å². The van der Waals surface area contributed by atoms with E-state index in [4.69, 9.17) is 10.5 Å². The average molecular weight is 158 g/mol. The number of aromatic nitrogens is 3. The van der Waals surface area contributed by atoms with Crippen LogP contribution in [-0.4, -0.2) is 66.8 Å². The molecule has 0 amide bonds. The van der Waals surface area contributed by atoms with Crippen molar-refractivity contribution in [3.63, 3.8) is 0 Å². The molecule has 0 aliphatic heterocycles. The molecule has 1 N–H and O–H groups in total. The number of H-pyrrole nitrogens is 1. The van der Waals surface area contributed by atoms with Crippen LogP contribution < -0.4 is 0 Å². The van der Waals surface area contributed by atoms with Gasteiger partial charge in [-0.05, 0) is 0 Å². The fourth-order valence-corrected chi connectivity index (χ4v) is 0.384. The van der Waals surface area contributed by atoms with E-state index in [-0.39, 0.29) is 62.8 Å². The molecule has 0 atom stereocenters. The van der Waals surface area contributed by atoms with Gasteiger partial charge in [-0.25, -0.2) is 5.10 Å². The minimum absolute atomic E-state index is 0. The van der Waals surface area contributed by atoms with Gasteiger partial charge in [0.25, 0.3) is 0 Å². The third-order valence-electron chi connectivity index (χ3n) is 0.766. The first-order valence-corrected chi connectivity index (χ1v) is 2.09. The first-order valence-electron chi connectivity index (χ1n) is 2.09. The topological polar surface area (TPSA) is 89.2 Å². The molecule has 0 fully saturated rings. The molecule has 1 heterocycles. The zero-order chi connectivity index (χ0) is 6.69. The summed E-state index contributed by atoms with van der Waals surface area (Å²) in [6, 6.07) is 3.42. The van der Waals surface area contributed by atoms with Crippen molar-refractivity contribution in [3.05, 3.63) is 11.4 Å².